The van der Waals surface area contributed by atoms with Crippen molar-refractivity contribution in [2.24, 2.45) is 5.73 Å². The Morgan fingerprint density at radius 3 is 2.50 bits per heavy atom. The number of aromatic nitrogens is 2. The predicted octanol–water partition coefficient (Wildman–Crippen LogP) is 1.55. The van der Waals surface area contributed by atoms with Gasteiger partial charge in [-0.3, -0.25) is 4.79 Å². The molecule has 80 valence electrons. The van der Waals surface area contributed by atoms with Crippen LogP contribution in [0.1, 0.15) is 16.2 Å². The molecule has 0 spiro atoms. The molecule has 1 aromatic carbocycles. The fraction of sp³-hybridized carbons (Fsp3) is 0.0833. The number of carbonyl (C=O) groups excluding carboxylic acids is 1. The fourth-order valence-corrected chi connectivity index (χ4v) is 1.36. The molecule has 0 bridgehead atoms. The van der Waals surface area contributed by atoms with E-state index in [4.69, 9.17) is 5.73 Å². The molecule has 2 rings (SSSR count). The fourth-order valence-electron chi connectivity index (χ4n) is 1.36. The number of aryl methyl sites for hydroxylation is 1. The Kier molecular flexibility index (Phi) is 2.64. The van der Waals surface area contributed by atoms with Gasteiger partial charge in [-0.15, -0.1) is 0 Å². The lowest BCUT2D eigenvalue weighted by molar-refractivity contribution is 0.0990. The summed E-state index contributed by atoms with van der Waals surface area (Å²) < 4.78 is 0. The van der Waals surface area contributed by atoms with Crippen molar-refractivity contribution in [3.05, 3.63) is 47.9 Å². The van der Waals surface area contributed by atoms with Gasteiger partial charge in [0.2, 0.25) is 5.82 Å². The number of nitrogens with zero attached hydrogens (tertiary/aromatic N) is 2. The Morgan fingerprint density at radius 1 is 1.19 bits per heavy atom. The second-order valence-electron chi connectivity index (χ2n) is 3.50. The molecule has 1 heterocycles. The second kappa shape index (κ2) is 4.10. The highest BCUT2D eigenvalue weighted by Gasteiger charge is 2.05. The monoisotopic (exact) mass is 213 g/mol. The summed E-state index contributed by atoms with van der Waals surface area (Å²) in [4.78, 5) is 18.8. The first-order valence-electron chi connectivity index (χ1n) is 4.87. The molecule has 0 aliphatic rings. The van der Waals surface area contributed by atoms with Gasteiger partial charge in [0, 0.05) is 11.8 Å². The second-order valence-corrected chi connectivity index (χ2v) is 3.50. The summed E-state index contributed by atoms with van der Waals surface area (Å²) in [7, 11) is 0. The summed E-state index contributed by atoms with van der Waals surface area (Å²) in [6.07, 6.45) is 1.53. The number of amides is 1. The minimum absolute atomic E-state index is 0.0399. The summed E-state index contributed by atoms with van der Waals surface area (Å²) in [6.45, 7) is 2.01. The minimum Gasteiger partial charge on any atom is -0.363 e. The molecule has 0 aliphatic carbocycles. The zero-order valence-corrected chi connectivity index (χ0v) is 8.84. The number of rotatable bonds is 2. The quantitative estimate of drug-likeness (QED) is 0.822. The van der Waals surface area contributed by atoms with Gasteiger partial charge in [-0.25, -0.2) is 9.97 Å². The summed E-state index contributed by atoms with van der Waals surface area (Å²) in [5.74, 6) is -0.577. The Hall–Kier alpha value is -2.23. The molecule has 16 heavy (non-hydrogen) atoms. The Balaban J connectivity index is 2.44. The first kappa shape index (κ1) is 10.3. The first-order chi connectivity index (χ1) is 7.66. The van der Waals surface area contributed by atoms with E-state index in [9.17, 15) is 4.79 Å². The molecule has 4 nitrogen and oxygen atoms in total. The smallest absolute Gasteiger partial charge is 0.286 e. The van der Waals surface area contributed by atoms with Crippen LogP contribution in [0.3, 0.4) is 0 Å². The molecule has 2 aromatic rings. The molecule has 0 radical (unpaired) electrons. The van der Waals surface area contributed by atoms with E-state index in [2.05, 4.69) is 9.97 Å². The Morgan fingerprint density at radius 2 is 1.88 bits per heavy atom. The van der Waals surface area contributed by atoms with Crippen LogP contribution in [0, 0.1) is 6.92 Å². The highest BCUT2D eigenvalue weighted by Crippen LogP contribution is 2.16. The van der Waals surface area contributed by atoms with Gasteiger partial charge in [-0.1, -0.05) is 29.8 Å². The van der Waals surface area contributed by atoms with Gasteiger partial charge in [0.25, 0.3) is 5.91 Å². The van der Waals surface area contributed by atoms with Gasteiger partial charge in [0.05, 0.1) is 5.69 Å². The van der Waals surface area contributed by atoms with Gasteiger partial charge in [-0.05, 0) is 13.0 Å². The molecule has 1 amide bonds. The first-order valence-corrected chi connectivity index (χ1v) is 4.87. The molecular weight excluding hydrogens is 202 g/mol. The average molecular weight is 213 g/mol. The lowest BCUT2D eigenvalue weighted by atomic mass is 10.1. The van der Waals surface area contributed by atoms with E-state index in [1.165, 1.54) is 11.8 Å². The lowest BCUT2D eigenvalue weighted by Gasteiger charge is -2.02. The van der Waals surface area contributed by atoms with Crippen LogP contribution in [0.4, 0.5) is 0 Å². The van der Waals surface area contributed by atoms with Crippen LogP contribution in [-0.2, 0) is 0 Å². The topological polar surface area (TPSA) is 68.9 Å². The van der Waals surface area contributed by atoms with E-state index < -0.39 is 5.91 Å². The van der Waals surface area contributed by atoms with Crippen LogP contribution < -0.4 is 5.73 Å². The van der Waals surface area contributed by atoms with Crippen LogP contribution in [0.5, 0.6) is 0 Å². The van der Waals surface area contributed by atoms with Crippen LogP contribution in [0.15, 0.2) is 36.5 Å². The predicted molar refractivity (Wildman–Crippen MR) is 60.7 cm³/mol. The van der Waals surface area contributed by atoms with E-state index in [-0.39, 0.29) is 5.82 Å². The van der Waals surface area contributed by atoms with E-state index in [0.717, 1.165) is 5.56 Å². The number of hydrogen-bond donors (Lipinski definition) is 1. The highest BCUT2D eigenvalue weighted by atomic mass is 16.1. The number of benzene rings is 1. The normalized spacial score (nSPS) is 10.1. The molecule has 2 N–H and O–H groups in total. The molecule has 0 atom stereocenters. The van der Waals surface area contributed by atoms with Crippen molar-refractivity contribution in [1.82, 2.24) is 9.97 Å². The molecule has 0 unspecified atom stereocenters. The van der Waals surface area contributed by atoms with E-state index in [1.807, 2.05) is 31.2 Å². The third-order valence-corrected chi connectivity index (χ3v) is 2.22. The van der Waals surface area contributed by atoms with Crippen LogP contribution in [0.25, 0.3) is 11.3 Å². The van der Waals surface area contributed by atoms with Gasteiger partial charge >= 0.3 is 0 Å². The number of carbonyl (C=O) groups is 1. The largest absolute Gasteiger partial charge is 0.363 e. The Labute approximate surface area is 93.2 Å². The molecule has 0 fully saturated rings. The zero-order valence-electron chi connectivity index (χ0n) is 8.84. The van der Waals surface area contributed by atoms with Gasteiger partial charge < -0.3 is 5.73 Å². The van der Waals surface area contributed by atoms with Crippen molar-refractivity contribution >= 4 is 5.91 Å². The van der Waals surface area contributed by atoms with Crippen molar-refractivity contribution in [3.63, 3.8) is 0 Å². The van der Waals surface area contributed by atoms with Crippen molar-refractivity contribution in [3.8, 4) is 11.3 Å². The standard InChI is InChI=1S/C12H11N3O/c1-8-2-4-9(5-3-8)10-6-7-14-12(15-10)11(13)16/h2-7H,1H3,(H2,13,16). The molecule has 1 aromatic heterocycles. The SMILES string of the molecule is Cc1ccc(-c2ccnc(C(N)=O)n2)cc1. The minimum atomic E-state index is -0.617. The van der Waals surface area contributed by atoms with Crippen LogP contribution in [0.2, 0.25) is 0 Å². The Bertz CT molecular complexity index is 520. The van der Waals surface area contributed by atoms with Gasteiger partial charge in [0.1, 0.15) is 0 Å². The molecule has 0 aliphatic heterocycles. The number of primary amides is 1. The van der Waals surface area contributed by atoms with Crippen molar-refractivity contribution in [2.75, 3.05) is 0 Å². The third-order valence-electron chi connectivity index (χ3n) is 2.22. The highest BCUT2D eigenvalue weighted by molar-refractivity contribution is 5.89. The van der Waals surface area contributed by atoms with Crippen LogP contribution >= 0.6 is 0 Å². The van der Waals surface area contributed by atoms with Gasteiger partial charge in [-0.2, -0.15) is 0 Å². The van der Waals surface area contributed by atoms with E-state index in [1.54, 1.807) is 6.07 Å². The molecule has 0 saturated heterocycles. The molecule has 0 saturated carbocycles. The maximum Gasteiger partial charge on any atom is 0.286 e. The maximum absolute atomic E-state index is 10.9. The van der Waals surface area contributed by atoms with Gasteiger partial charge in [0.15, 0.2) is 0 Å². The summed E-state index contributed by atoms with van der Waals surface area (Å²) in [6, 6.07) is 9.62. The molecular formula is C12H11N3O. The third kappa shape index (κ3) is 2.06. The number of hydrogen-bond acceptors (Lipinski definition) is 3. The lowest BCUT2D eigenvalue weighted by Crippen LogP contribution is -2.15. The average Bonchev–Trinajstić information content (AvgIpc) is 2.30. The maximum atomic E-state index is 10.9. The number of nitrogens with two attached hydrogens (primary N) is 1. The van der Waals surface area contributed by atoms with Crippen molar-refractivity contribution in [2.45, 2.75) is 6.92 Å². The molecule has 4 heteroatoms. The summed E-state index contributed by atoms with van der Waals surface area (Å²) in [5.41, 5.74) is 7.93. The van der Waals surface area contributed by atoms with E-state index in [0.29, 0.717) is 5.69 Å². The zero-order chi connectivity index (χ0) is 11.5. The van der Waals surface area contributed by atoms with Crippen molar-refractivity contribution < 1.29 is 4.79 Å². The van der Waals surface area contributed by atoms with E-state index >= 15 is 0 Å². The summed E-state index contributed by atoms with van der Waals surface area (Å²) in [5, 5.41) is 0. The van der Waals surface area contributed by atoms with Crippen LogP contribution in [-0.4, -0.2) is 15.9 Å². The summed E-state index contributed by atoms with van der Waals surface area (Å²) >= 11 is 0. The van der Waals surface area contributed by atoms with Crippen molar-refractivity contribution in [1.29, 1.82) is 0 Å².